The van der Waals surface area contributed by atoms with E-state index in [2.05, 4.69) is 10.2 Å². The van der Waals surface area contributed by atoms with Crippen molar-refractivity contribution in [1.82, 2.24) is 10.2 Å². The SMILES string of the molecule is CCOC(=O)c1c(O)c(CC(C)(C)C)n[nH]c1=O. The molecule has 1 rings (SSSR count). The number of ether oxygens (including phenoxy) is 1. The van der Waals surface area contributed by atoms with Gasteiger partial charge in [0, 0.05) is 6.42 Å². The summed E-state index contributed by atoms with van der Waals surface area (Å²) in [5.41, 5.74) is -0.978. The minimum absolute atomic E-state index is 0.130. The predicted octanol–water partition coefficient (Wildman–Crippen LogP) is 1.24. The number of carbonyl (C=O) groups excluding carboxylic acids is 1. The number of nitrogens with one attached hydrogen (secondary N) is 1. The molecule has 1 aromatic rings. The summed E-state index contributed by atoms with van der Waals surface area (Å²) in [7, 11) is 0. The van der Waals surface area contributed by atoms with Crippen LogP contribution in [0.25, 0.3) is 0 Å². The van der Waals surface area contributed by atoms with Crippen LogP contribution in [0, 0.1) is 5.41 Å². The highest BCUT2D eigenvalue weighted by atomic mass is 16.5. The molecule has 0 aliphatic rings. The minimum Gasteiger partial charge on any atom is -0.505 e. The van der Waals surface area contributed by atoms with Crippen molar-refractivity contribution in [3.05, 3.63) is 21.6 Å². The zero-order chi connectivity index (χ0) is 13.9. The van der Waals surface area contributed by atoms with Gasteiger partial charge < -0.3 is 9.84 Å². The molecule has 100 valence electrons. The lowest BCUT2D eigenvalue weighted by molar-refractivity contribution is 0.0520. The normalized spacial score (nSPS) is 11.3. The van der Waals surface area contributed by atoms with Crippen molar-refractivity contribution in [2.75, 3.05) is 6.61 Å². The average molecular weight is 254 g/mol. The van der Waals surface area contributed by atoms with Gasteiger partial charge in [-0.2, -0.15) is 5.10 Å². The third-order valence-electron chi connectivity index (χ3n) is 2.21. The van der Waals surface area contributed by atoms with E-state index in [4.69, 9.17) is 4.74 Å². The van der Waals surface area contributed by atoms with E-state index in [-0.39, 0.29) is 23.3 Å². The third kappa shape index (κ3) is 3.32. The molecule has 0 amide bonds. The monoisotopic (exact) mass is 254 g/mol. The van der Waals surface area contributed by atoms with Gasteiger partial charge in [0.15, 0.2) is 11.3 Å². The molecular weight excluding hydrogens is 236 g/mol. The largest absolute Gasteiger partial charge is 0.505 e. The number of esters is 1. The minimum atomic E-state index is -0.839. The number of carbonyl (C=O) groups is 1. The molecule has 6 heteroatoms. The molecule has 2 N–H and O–H groups in total. The molecule has 1 heterocycles. The van der Waals surface area contributed by atoms with Crippen LogP contribution >= 0.6 is 0 Å². The molecule has 6 nitrogen and oxygen atoms in total. The fourth-order valence-electron chi connectivity index (χ4n) is 1.50. The van der Waals surface area contributed by atoms with Crippen molar-refractivity contribution in [2.45, 2.75) is 34.1 Å². The van der Waals surface area contributed by atoms with Gasteiger partial charge in [0.2, 0.25) is 0 Å². The highest BCUT2D eigenvalue weighted by Crippen LogP contribution is 2.26. The van der Waals surface area contributed by atoms with Crippen LogP contribution < -0.4 is 5.56 Å². The van der Waals surface area contributed by atoms with Gasteiger partial charge in [0.1, 0.15) is 5.69 Å². The Hall–Kier alpha value is -1.85. The second kappa shape index (κ2) is 5.20. The molecule has 0 aromatic carbocycles. The van der Waals surface area contributed by atoms with Crippen LogP contribution in [0.15, 0.2) is 4.79 Å². The Bertz CT molecular complexity index is 500. The number of H-pyrrole nitrogens is 1. The van der Waals surface area contributed by atoms with E-state index in [0.29, 0.717) is 6.42 Å². The van der Waals surface area contributed by atoms with E-state index in [1.54, 1.807) is 6.92 Å². The van der Waals surface area contributed by atoms with Crippen LogP contribution in [-0.2, 0) is 11.2 Å². The molecule has 0 atom stereocenters. The van der Waals surface area contributed by atoms with Crippen LogP contribution in [0.3, 0.4) is 0 Å². The number of aromatic nitrogens is 2. The molecule has 18 heavy (non-hydrogen) atoms. The molecule has 0 fully saturated rings. The molecule has 0 aliphatic carbocycles. The highest BCUT2D eigenvalue weighted by molar-refractivity contribution is 5.92. The van der Waals surface area contributed by atoms with Crippen LogP contribution in [-0.4, -0.2) is 27.9 Å². The first-order chi connectivity index (χ1) is 8.26. The summed E-state index contributed by atoms with van der Waals surface area (Å²) in [6.07, 6.45) is 0.433. The van der Waals surface area contributed by atoms with Gasteiger partial charge in [-0.25, -0.2) is 9.89 Å². The second-order valence-corrected chi connectivity index (χ2v) is 5.18. The lowest BCUT2D eigenvalue weighted by atomic mass is 9.90. The number of hydrogen-bond acceptors (Lipinski definition) is 5. The van der Waals surface area contributed by atoms with Crippen molar-refractivity contribution in [3.8, 4) is 5.75 Å². The van der Waals surface area contributed by atoms with Gasteiger partial charge in [-0.1, -0.05) is 20.8 Å². The van der Waals surface area contributed by atoms with E-state index in [0.717, 1.165) is 0 Å². The molecule has 0 aliphatic heterocycles. The summed E-state index contributed by atoms with van der Waals surface area (Å²) < 4.78 is 4.73. The van der Waals surface area contributed by atoms with Gasteiger partial charge >= 0.3 is 5.97 Å². The van der Waals surface area contributed by atoms with Crippen molar-refractivity contribution in [1.29, 1.82) is 0 Å². The van der Waals surface area contributed by atoms with Crippen LogP contribution in [0.5, 0.6) is 5.75 Å². The fourth-order valence-corrected chi connectivity index (χ4v) is 1.50. The third-order valence-corrected chi connectivity index (χ3v) is 2.21. The van der Waals surface area contributed by atoms with Crippen molar-refractivity contribution < 1.29 is 14.6 Å². The maximum Gasteiger partial charge on any atom is 0.347 e. The van der Waals surface area contributed by atoms with Gasteiger partial charge in [0.05, 0.1) is 6.61 Å². The number of rotatable bonds is 3. The maximum absolute atomic E-state index is 11.6. The van der Waals surface area contributed by atoms with Gasteiger partial charge in [-0.15, -0.1) is 0 Å². The van der Waals surface area contributed by atoms with Crippen molar-refractivity contribution in [3.63, 3.8) is 0 Å². The second-order valence-electron chi connectivity index (χ2n) is 5.18. The lowest BCUT2D eigenvalue weighted by Gasteiger charge is -2.18. The zero-order valence-corrected chi connectivity index (χ0v) is 11.0. The van der Waals surface area contributed by atoms with E-state index in [1.807, 2.05) is 20.8 Å². The number of nitrogens with zero attached hydrogens (tertiary/aromatic N) is 1. The molecule has 0 bridgehead atoms. The molecule has 0 spiro atoms. The molecule has 0 unspecified atom stereocenters. The summed E-state index contributed by atoms with van der Waals surface area (Å²) in [5, 5.41) is 15.9. The number of aromatic hydroxyl groups is 1. The van der Waals surface area contributed by atoms with Crippen LogP contribution in [0.4, 0.5) is 0 Å². The Kier molecular flexibility index (Phi) is 4.11. The topological polar surface area (TPSA) is 92.3 Å². The molecule has 0 radical (unpaired) electrons. The van der Waals surface area contributed by atoms with Crippen molar-refractivity contribution in [2.24, 2.45) is 5.41 Å². The standard InChI is InChI=1S/C12H18N2O4/c1-5-18-11(17)8-9(15)7(6-12(2,3)4)13-14-10(8)16/h5-6H2,1-4H3,(H2,14,15,16). The van der Waals surface area contributed by atoms with E-state index >= 15 is 0 Å². The van der Waals surface area contributed by atoms with E-state index in [1.165, 1.54) is 0 Å². The zero-order valence-electron chi connectivity index (χ0n) is 11.0. The summed E-state index contributed by atoms with van der Waals surface area (Å²) >= 11 is 0. The first-order valence-corrected chi connectivity index (χ1v) is 5.74. The Morgan fingerprint density at radius 2 is 2.06 bits per heavy atom. The van der Waals surface area contributed by atoms with Crippen LogP contribution in [0.1, 0.15) is 43.7 Å². The molecule has 1 aromatic heterocycles. The maximum atomic E-state index is 11.6. The van der Waals surface area contributed by atoms with Gasteiger partial charge in [0.25, 0.3) is 5.56 Å². The smallest absolute Gasteiger partial charge is 0.347 e. The Morgan fingerprint density at radius 3 is 2.56 bits per heavy atom. The summed E-state index contributed by atoms with van der Waals surface area (Å²) in [6, 6.07) is 0. The Labute approximate surface area is 105 Å². The quantitative estimate of drug-likeness (QED) is 0.792. The van der Waals surface area contributed by atoms with E-state index in [9.17, 15) is 14.7 Å². The first-order valence-electron chi connectivity index (χ1n) is 5.74. The lowest BCUT2D eigenvalue weighted by Crippen LogP contribution is -2.23. The van der Waals surface area contributed by atoms with Gasteiger partial charge in [-0.05, 0) is 12.3 Å². The summed E-state index contributed by atoms with van der Waals surface area (Å²) in [5.74, 6) is -1.24. The van der Waals surface area contributed by atoms with E-state index < -0.39 is 17.3 Å². The van der Waals surface area contributed by atoms with Crippen LogP contribution in [0.2, 0.25) is 0 Å². The average Bonchev–Trinajstić information content (AvgIpc) is 2.21. The van der Waals surface area contributed by atoms with Crippen molar-refractivity contribution >= 4 is 5.97 Å². The number of aromatic amines is 1. The molecule has 0 saturated heterocycles. The fraction of sp³-hybridized carbons (Fsp3) is 0.583. The first kappa shape index (κ1) is 14.2. The molecule has 0 saturated carbocycles. The predicted molar refractivity (Wildman–Crippen MR) is 65.6 cm³/mol. The Morgan fingerprint density at radius 1 is 1.44 bits per heavy atom. The Balaban J connectivity index is 3.23. The van der Waals surface area contributed by atoms with Gasteiger partial charge in [-0.3, -0.25) is 4.79 Å². The summed E-state index contributed by atoms with van der Waals surface area (Å²) in [6.45, 7) is 7.64. The summed E-state index contributed by atoms with van der Waals surface area (Å²) in [4.78, 5) is 23.1. The molecular formula is C12H18N2O4. The number of hydrogen-bond donors (Lipinski definition) is 2. The highest BCUT2D eigenvalue weighted by Gasteiger charge is 2.24.